The molecule has 4 heterocycles. The van der Waals surface area contributed by atoms with Gasteiger partial charge >= 0.3 is 0 Å². The van der Waals surface area contributed by atoms with Gasteiger partial charge in [-0.15, -0.1) is 0 Å². The number of carbonyl (C=O) groups is 1. The molecule has 0 unspecified atom stereocenters. The van der Waals surface area contributed by atoms with E-state index in [0.29, 0.717) is 29.0 Å². The molecule has 3 aliphatic rings. The van der Waals surface area contributed by atoms with E-state index in [1.807, 2.05) is 19.4 Å². The van der Waals surface area contributed by atoms with Gasteiger partial charge in [-0.05, 0) is 37.1 Å². The third-order valence-corrected chi connectivity index (χ3v) is 7.00. The maximum absolute atomic E-state index is 12.5. The summed E-state index contributed by atoms with van der Waals surface area (Å²) in [5.41, 5.74) is 0.608. The Labute approximate surface area is 169 Å². The van der Waals surface area contributed by atoms with Crippen LogP contribution in [0.3, 0.4) is 0 Å². The summed E-state index contributed by atoms with van der Waals surface area (Å²) < 4.78 is 8.57. The Bertz CT molecular complexity index is 883. The van der Waals surface area contributed by atoms with E-state index in [4.69, 9.17) is 16.3 Å². The predicted molar refractivity (Wildman–Crippen MR) is 106 cm³/mol. The molecule has 2 aromatic rings. The lowest BCUT2D eigenvalue weighted by molar-refractivity contribution is 0.00188. The zero-order valence-corrected chi connectivity index (χ0v) is 16.7. The molecule has 148 valence electrons. The number of fused-ring (bicyclic) bond motifs is 1. The van der Waals surface area contributed by atoms with Crippen molar-refractivity contribution in [2.24, 2.45) is 18.9 Å². The molecular formula is C21H25ClN4O2. The fraction of sp³-hybridized carbons (Fsp3) is 0.524. The minimum atomic E-state index is -0.0450. The van der Waals surface area contributed by atoms with Crippen LogP contribution < -0.4 is 5.32 Å². The number of aryl methyl sites for hydroxylation is 1. The number of hydrogen-bond acceptors (Lipinski definition) is 4. The molecular weight excluding hydrogens is 376 g/mol. The molecule has 4 atom stereocenters. The number of aromatic nitrogens is 2. The van der Waals surface area contributed by atoms with Gasteiger partial charge in [-0.3, -0.25) is 9.69 Å². The molecule has 5 rings (SSSR count). The van der Waals surface area contributed by atoms with Crippen LogP contribution >= 0.6 is 11.6 Å². The highest BCUT2D eigenvalue weighted by atomic mass is 35.5. The van der Waals surface area contributed by atoms with Crippen LogP contribution in [0.25, 0.3) is 0 Å². The van der Waals surface area contributed by atoms with Gasteiger partial charge in [0.05, 0.1) is 18.2 Å². The Morgan fingerprint density at radius 3 is 2.96 bits per heavy atom. The van der Waals surface area contributed by atoms with E-state index < -0.39 is 0 Å². The Balaban J connectivity index is 1.25. The third-order valence-electron chi connectivity index (χ3n) is 6.75. The normalized spacial score (nSPS) is 31.3. The Kier molecular flexibility index (Phi) is 4.45. The number of nitrogens with one attached hydrogen (secondary N) is 1. The lowest BCUT2D eigenvalue weighted by atomic mass is 9.73. The van der Waals surface area contributed by atoms with E-state index in [9.17, 15) is 4.79 Å². The SMILES string of the molecule is Cn1ccnc1CN1C[C@@H]2[C@H](CNC(=O)c3ccc(Cl)cc3)[C@H]3CC[C@]2(C1)O3. The second kappa shape index (κ2) is 6.87. The highest BCUT2D eigenvalue weighted by Crippen LogP contribution is 2.54. The molecule has 0 saturated carbocycles. The van der Waals surface area contributed by atoms with E-state index in [1.165, 1.54) is 0 Å². The molecule has 1 aromatic carbocycles. The van der Waals surface area contributed by atoms with Gasteiger partial charge in [0.15, 0.2) is 0 Å². The quantitative estimate of drug-likeness (QED) is 0.837. The van der Waals surface area contributed by atoms with Gasteiger partial charge in [0.25, 0.3) is 5.91 Å². The lowest BCUT2D eigenvalue weighted by Gasteiger charge is -2.29. The molecule has 3 fully saturated rings. The first-order valence-corrected chi connectivity index (χ1v) is 10.3. The van der Waals surface area contributed by atoms with Crippen LogP contribution in [0.2, 0.25) is 5.02 Å². The maximum atomic E-state index is 12.5. The van der Waals surface area contributed by atoms with E-state index in [2.05, 4.69) is 19.8 Å². The number of nitrogens with zero attached hydrogens (tertiary/aromatic N) is 3. The number of hydrogen-bond donors (Lipinski definition) is 1. The number of imidazole rings is 1. The summed E-state index contributed by atoms with van der Waals surface area (Å²) >= 11 is 5.92. The molecule has 1 aromatic heterocycles. The second-order valence-electron chi connectivity index (χ2n) is 8.37. The zero-order valence-electron chi connectivity index (χ0n) is 16.0. The molecule has 7 heteroatoms. The Morgan fingerprint density at radius 1 is 1.39 bits per heavy atom. The molecule has 3 aliphatic heterocycles. The average Bonchev–Trinajstić information content (AvgIpc) is 3.42. The molecule has 1 N–H and O–H groups in total. The number of halogens is 1. The van der Waals surface area contributed by atoms with Crippen LogP contribution in [0.1, 0.15) is 29.0 Å². The Morgan fingerprint density at radius 2 is 2.21 bits per heavy atom. The number of rotatable bonds is 5. The van der Waals surface area contributed by atoms with Crippen molar-refractivity contribution < 1.29 is 9.53 Å². The average molecular weight is 401 g/mol. The highest BCUT2D eigenvalue weighted by molar-refractivity contribution is 6.30. The van der Waals surface area contributed by atoms with Crippen molar-refractivity contribution in [2.45, 2.75) is 31.1 Å². The van der Waals surface area contributed by atoms with Crippen molar-refractivity contribution in [1.82, 2.24) is 19.8 Å². The zero-order chi connectivity index (χ0) is 19.3. The lowest BCUT2D eigenvalue weighted by Crippen LogP contribution is -2.41. The van der Waals surface area contributed by atoms with E-state index in [-0.39, 0.29) is 17.6 Å². The summed E-state index contributed by atoms with van der Waals surface area (Å²) in [5.74, 6) is 1.88. The van der Waals surface area contributed by atoms with Crippen LogP contribution in [0, 0.1) is 11.8 Å². The van der Waals surface area contributed by atoms with Gasteiger partial charge in [-0.1, -0.05) is 11.6 Å². The standard InChI is InChI=1S/C21H25ClN4O2/c1-25-9-8-23-19(25)12-26-11-17-16(18-6-7-21(17,13-26)28-18)10-24-20(27)14-2-4-15(22)5-3-14/h2-5,8-9,16-18H,6-7,10-13H2,1H3,(H,24,27)/t16-,17+,18+,21+/m0/s1. The van der Waals surface area contributed by atoms with Crippen molar-refractivity contribution in [1.29, 1.82) is 0 Å². The highest BCUT2D eigenvalue weighted by Gasteiger charge is 2.62. The first kappa shape index (κ1) is 18.2. The van der Waals surface area contributed by atoms with E-state index in [1.54, 1.807) is 24.3 Å². The molecule has 1 amide bonds. The van der Waals surface area contributed by atoms with Crippen LogP contribution in [-0.4, -0.2) is 51.7 Å². The first-order chi connectivity index (χ1) is 13.5. The summed E-state index contributed by atoms with van der Waals surface area (Å²) in [6.45, 7) is 3.47. The molecule has 0 radical (unpaired) electrons. The van der Waals surface area contributed by atoms with Crippen molar-refractivity contribution >= 4 is 17.5 Å². The fourth-order valence-corrected chi connectivity index (χ4v) is 5.47. The number of ether oxygens (including phenoxy) is 1. The molecule has 6 nitrogen and oxygen atoms in total. The van der Waals surface area contributed by atoms with Crippen LogP contribution in [0.15, 0.2) is 36.7 Å². The first-order valence-electron chi connectivity index (χ1n) is 9.94. The van der Waals surface area contributed by atoms with Crippen LogP contribution in [0.4, 0.5) is 0 Å². The van der Waals surface area contributed by atoms with Gasteiger partial charge in [0.2, 0.25) is 0 Å². The largest absolute Gasteiger partial charge is 0.370 e. The summed E-state index contributed by atoms with van der Waals surface area (Å²) in [6, 6.07) is 7.03. The second-order valence-corrected chi connectivity index (χ2v) is 8.81. The van der Waals surface area contributed by atoms with Gasteiger partial charge in [0, 0.05) is 61.5 Å². The summed E-state index contributed by atoms with van der Waals surface area (Å²) in [4.78, 5) is 19.4. The molecule has 0 aliphatic carbocycles. The number of amides is 1. The topological polar surface area (TPSA) is 59.4 Å². The van der Waals surface area contributed by atoms with Crippen molar-refractivity contribution in [3.05, 3.63) is 53.1 Å². The molecule has 3 saturated heterocycles. The van der Waals surface area contributed by atoms with E-state index in [0.717, 1.165) is 38.3 Å². The molecule has 1 spiro atoms. The van der Waals surface area contributed by atoms with E-state index >= 15 is 0 Å². The number of carbonyl (C=O) groups excluding carboxylic acids is 1. The van der Waals surface area contributed by atoms with Gasteiger partial charge in [0.1, 0.15) is 5.82 Å². The number of benzene rings is 1. The third kappa shape index (κ3) is 3.04. The predicted octanol–water partition coefficient (Wildman–Crippen LogP) is 2.48. The summed E-state index contributed by atoms with van der Waals surface area (Å²) in [7, 11) is 2.04. The smallest absolute Gasteiger partial charge is 0.251 e. The van der Waals surface area contributed by atoms with Crippen LogP contribution in [0.5, 0.6) is 0 Å². The minimum Gasteiger partial charge on any atom is -0.370 e. The summed E-state index contributed by atoms with van der Waals surface area (Å²) in [6.07, 6.45) is 6.32. The van der Waals surface area contributed by atoms with Crippen molar-refractivity contribution in [3.63, 3.8) is 0 Å². The monoisotopic (exact) mass is 400 g/mol. The number of likely N-dealkylation sites (tertiary alicyclic amines) is 1. The molecule has 2 bridgehead atoms. The maximum Gasteiger partial charge on any atom is 0.251 e. The van der Waals surface area contributed by atoms with Gasteiger partial charge in [-0.25, -0.2) is 4.98 Å². The van der Waals surface area contributed by atoms with Gasteiger partial charge in [-0.2, -0.15) is 0 Å². The van der Waals surface area contributed by atoms with Crippen molar-refractivity contribution in [3.8, 4) is 0 Å². The Hall–Kier alpha value is -1.89. The fourth-order valence-electron chi connectivity index (χ4n) is 5.34. The van der Waals surface area contributed by atoms with Gasteiger partial charge < -0.3 is 14.6 Å². The van der Waals surface area contributed by atoms with Crippen LogP contribution in [-0.2, 0) is 18.3 Å². The summed E-state index contributed by atoms with van der Waals surface area (Å²) in [5, 5.41) is 3.76. The van der Waals surface area contributed by atoms with Crippen molar-refractivity contribution in [2.75, 3.05) is 19.6 Å². The molecule has 28 heavy (non-hydrogen) atoms. The minimum absolute atomic E-state index is 0.0362.